The quantitative estimate of drug-likeness (QED) is 0.797. The molecule has 0 unspecified atom stereocenters. The van der Waals surface area contributed by atoms with Crippen molar-refractivity contribution in [2.24, 2.45) is 0 Å². The molecule has 2 N–H and O–H groups in total. The fourth-order valence-corrected chi connectivity index (χ4v) is 2.70. The number of carbonyl (C=O) groups excluding carboxylic acids is 1. The van der Waals surface area contributed by atoms with Gasteiger partial charge in [-0.1, -0.05) is 28.1 Å². The van der Waals surface area contributed by atoms with Gasteiger partial charge < -0.3 is 19.9 Å². The Kier molecular flexibility index (Phi) is 4.95. The van der Waals surface area contributed by atoms with Gasteiger partial charge in [0, 0.05) is 15.6 Å². The van der Waals surface area contributed by atoms with Crippen molar-refractivity contribution < 1.29 is 19.4 Å². The van der Waals surface area contributed by atoms with Crippen molar-refractivity contribution in [3.05, 3.63) is 58.1 Å². The molecule has 3 rings (SSSR count). The molecule has 1 fully saturated rings. The number of hydrogen-bond acceptors (Lipinski definition) is 4. The first-order chi connectivity index (χ1) is 11.1. The van der Waals surface area contributed by atoms with Crippen LogP contribution in [0.3, 0.4) is 0 Å². The molecule has 1 aliphatic rings. The van der Waals surface area contributed by atoms with E-state index in [0.29, 0.717) is 24.5 Å². The Bertz CT molecular complexity index is 713. The molecule has 23 heavy (non-hydrogen) atoms. The number of amides is 1. The highest BCUT2D eigenvalue weighted by molar-refractivity contribution is 9.10. The van der Waals surface area contributed by atoms with Gasteiger partial charge in [-0.05, 0) is 36.8 Å². The number of rotatable bonds is 3. The molecule has 0 bridgehead atoms. The minimum Gasteiger partial charge on any atom is -0.506 e. The van der Waals surface area contributed by atoms with Gasteiger partial charge in [0.15, 0.2) is 6.29 Å². The van der Waals surface area contributed by atoms with Crippen LogP contribution in [-0.2, 0) is 9.47 Å². The maximum absolute atomic E-state index is 12.3. The molecule has 0 atom stereocenters. The molecule has 5 nitrogen and oxygen atoms in total. The number of halogens is 1. The standard InChI is InChI=1S/C17H16BrNO4/c18-13-4-1-3-11(9-13)16(21)19-14-10-12(5-6-15(14)20)17-22-7-2-8-23-17/h1,3-6,9-10,17,20H,2,7-8H2,(H,19,21). The van der Waals surface area contributed by atoms with Crippen LogP contribution in [-0.4, -0.2) is 24.2 Å². The third-order valence-electron chi connectivity index (χ3n) is 3.45. The number of phenols is 1. The van der Waals surface area contributed by atoms with Crippen LogP contribution in [0.5, 0.6) is 5.75 Å². The Balaban J connectivity index is 1.80. The van der Waals surface area contributed by atoms with Crippen LogP contribution < -0.4 is 5.32 Å². The van der Waals surface area contributed by atoms with Crippen molar-refractivity contribution in [3.63, 3.8) is 0 Å². The summed E-state index contributed by atoms with van der Waals surface area (Å²) < 4.78 is 11.9. The van der Waals surface area contributed by atoms with Crippen LogP contribution in [0.25, 0.3) is 0 Å². The molecule has 0 saturated carbocycles. The fraction of sp³-hybridized carbons (Fsp3) is 0.235. The molecule has 1 heterocycles. The van der Waals surface area contributed by atoms with E-state index in [9.17, 15) is 9.90 Å². The molecular formula is C17H16BrNO4. The number of nitrogens with one attached hydrogen (secondary N) is 1. The molecule has 1 amide bonds. The molecular weight excluding hydrogens is 362 g/mol. The highest BCUT2D eigenvalue weighted by atomic mass is 79.9. The summed E-state index contributed by atoms with van der Waals surface area (Å²) in [7, 11) is 0. The highest BCUT2D eigenvalue weighted by Gasteiger charge is 2.18. The van der Waals surface area contributed by atoms with E-state index in [1.165, 1.54) is 6.07 Å². The SMILES string of the molecule is O=C(Nc1cc(C2OCCCO2)ccc1O)c1cccc(Br)c1. The maximum Gasteiger partial charge on any atom is 0.255 e. The topological polar surface area (TPSA) is 67.8 Å². The third-order valence-corrected chi connectivity index (χ3v) is 3.95. The average molecular weight is 378 g/mol. The number of carbonyl (C=O) groups is 1. The summed E-state index contributed by atoms with van der Waals surface area (Å²) in [6.45, 7) is 1.26. The summed E-state index contributed by atoms with van der Waals surface area (Å²) in [5.41, 5.74) is 1.58. The van der Waals surface area contributed by atoms with Crippen molar-refractivity contribution in [1.82, 2.24) is 0 Å². The lowest BCUT2D eigenvalue weighted by Crippen LogP contribution is -2.18. The minimum atomic E-state index is -0.467. The predicted octanol–water partition coefficient (Wildman–Crippen LogP) is 3.84. The molecule has 2 aromatic carbocycles. The van der Waals surface area contributed by atoms with Crippen LogP contribution in [0.1, 0.15) is 28.6 Å². The van der Waals surface area contributed by atoms with Crippen molar-refractivity contribution in [2.45, 2.75) is 12.7 Å². The lowest BCUT2D eigenvalue weighted by molar-refractivity contribution is -0.183. The molecule has 0 radical (unpaired) electrons. The number of hydrogen-bond donors (Lipinski definition) is 2. The first-order valence-corrected chi connectivity index (χ1v) is 8.06. The second-order valence-electron chi connectivity index (χ2n) is 5.17. The van der Waals surface area contributed by atoms with Crippen molar-refractivity contribution in [3.8, 4) is 5.75 Å². The number of benzene rings is 2. The highest BCUT2D eigenvalue weighted by Crippen LogP contribution is 2.31. The number of ether oxygens (including phenoxy) is 2. The lowest BCUT2D eigenvalue weighted by Gasteiger charge is -2.24. The molecule has 120 valence electrons. The zero-order chi connectivity index (χ0) is 16.2. The van der Waals surface area contributed by atoms with Crippen molar-refractivity contribution in [2.75, 3.05) is 18.5 Å². The normalized spacial score (nSPS) is 15.3. The van der Waals surface area contributed by atoms with Gasteiger partial charge in [-0.3, -0.25) is 4.79 Å². The molecule has 1 aliphatic heterocycles. The molecule has 2 aromatic rings. The molecule has 0 spiro atoms. The van der Waals surface area contributed by atoms with Gasteiger partial charge in [-0.15, -0.1) is 0 Å². The summed E-state index contributed by atoms with van der Waals surface area (Å²) in [5.74, 6) is -0.308. The van der Waals surface area contributed by atoms with E-state index in [1.54, 1.807) is 30.3 Å². The molecule has 6 heteroatoms. The van der Waals surface area contributed by atoms with Gasteiger partial charge >= 0.3 is 0 Å². The minimum absolute atomic E-state index is 0.00657. The smallest absolute Gasteiger partial charge is 0.255 e. The zero-order valence-corrected chi connectivity index (χ0v) is 13.9. The molecule has 0 aliphatic carbocycles. The van der Waals surface area contributed by atoms with E-state index in [-0.39, 0.29) is 11.7 Å². The lowest BCUT2D eigenvalue weighted by atomic mass is 10.1. The van der Waals surface area contributed by atoms with Crippen LogP contribution in [0, 0.1) is 0 Å². The third kappa shape index (κ3) is 3.90. The van der Waals surface area contributed by atoms with Gasteiger partial charge in [0.1, 0.15) is 5.75 Å². The van der Waals surface area contributed by atoms with Gasteiger partial charge in [0.05, 0.1) is 18.9 Å². The van der Waals surface area contributed by atoms with E-state index in [2.05, 4.69) is 21.2 Å². The summed E-state index contributed by atoms with van der Waals surface area (Å²) >= 11 is 3.33. The predicted molar refractivity (Wildman–Crippen MR) is 89.5 cm³/mol. The zero-order valence-electron chi connectivity index (χ0n) is 12.3. The average Bonchev–Trinajstić information content (AvgIpc) is 2.57. The van der Waals surface area contributed by atoms with E-state index in [4.69, 9.17) is 9.47 Å². The molecule has 1 saturated heterocycles. The summed E-state index contributed by atoms with van der Waals surface area (Å²) in [5, 5.41) is 12.7. The van der Waals surface area contributed by atoms with E-state index < -0.39 is 6.29 Å². The molecule has 0 aromatic heterocycles. The summed E-state index contributed by atoms with van der Waals surface area (Å²) in [4.78, 5) is 12.3. The first-order valence-electron chi connectivity index (χ1n) is 7.26. The van der Waals surface area contributed by atoms with Crippen LogP contribution >= 0.6 is 15.9 Å². The van der Waals surface area contributed by atoms with E-state index in [0.717, 1.165) is 16.5 Å². The van der Waals surface area contributed by atoms with Crippen molar-refractivity contribution in [1.29, 1.82) is 0 Å². The Morgan fingerprint density at radius 1 is 1.17 bits per heavy atom. The number of phenolic OH excluding ortho intramolecular Hbond substituents is 1. The second kappa shape index (κ2) is 7.12. The first kappa shape index (κ1) is 16.0. The van der Waals surface area contributed by atoms with Gasteiger partial charge in [0.2, 0.25) is 0 Å². The maximum atomic E-state index is 12.3. The van der Waals surface area contributed by atoms with E-state index >= 15 is 0 Å². The Morgan fingerprint density at radius 2 is 1.96 bits per heavy atom. The van der Waals surface area contributed by atoms with E-state index in [1.807, 2.05) is 6.07 Å². The van der Waals surface area contributed by atoms with Gasteiger partial charge in [0.25, 0.3) is 5.91 Å². The van der Waals surface area contributed by atoms with Gasteiger partial charge in [-0.25, -0.2) is 0 Å². The van der Waals surface area contributed by atoms with Crippen LogP contribution in [0.4, 0.5) is 5.69 Å². The fourth-order valence-electron chi connectivity index (χ4n) is 2.30. The number of aromatic hydroxyl groups is 1. The van der Waals surface area contributed by atoms with Gasteiger partial charge in [-0.2, -0.15) is 0 Å². The Labute approximate surface area is 142 Å². The van der Waals surface area contributed by atoms with Crippen molar-refractivity contribution >= 4 is 27.5 Å². The Hall–Kier alpha value is -1.89. The summed E-state index contributed by atoms with van der Waals surface area (Å²) in [6.07, 6.45) is 0.395. The summed E-state index contributed by atoms with van der Waals surface area (Å²) in [6, 6.07) is 11.9. The van der Waals surface area contributed by atoms with Crippen LogP contribution in [0.15, 0.2) is 46.9 Å². The number of anilines is 1. The largest absolute Gasteiger partial charge is 0.506 e. The second-order valence-corrected chi connectivity index (χ2v) is 6.08. The Morgan fingerprint density at radius 3 is 2.70 bits per heavy atom. The monoisotopic (exact) mass is 377 g/mol. The van der Waals surface area contributed by atoms with Crippen LogP contribution in [0.2, 0.25) is 0 Å².